The largest absolute Gasteiger partial charge is 0.259 e. The molecule has 0 atom stereocenters. The molecule has 3 aromatic rings. The van der Waals surface area contributed by atoms with E-state index in [1.807, 2.05) is 74.5 Å². The molecule has 5 heteroatoms. The lowest BCUT2D eigenvalue weighted by atomic mass is 10.1. The molecule has 0 aliphatic heterocycles. The predicted octanol–water partition coefficient (Wildman–Crippen LogP) is 5.26. The van der Waals surface area contributed by atoms with Gasteiger partial charge in [0.15, 0.2) is 0 Å². The molecule has 0 saturated heterocycles. The van der Waals surface area contributed by atoms with Crippen molar-refractivity contribution in [2.75, 3.05) is 5.43 Å². The van der Waals surface area contributed by atoms with Crippen LogP contribution in [0.15, 0.2) is 88.3 Å². The van der Waals surface area contributed by atoms with E-state index < -0.39 is 0 Å². The Bertz CT molecular complexity index is 886. The van der Waals surface area contributed by atoms with Crippen molar-refractivity contribution in [3.8, 4) is 0 Å². The molecule has 0 aliphatic carbocycles. The number of pyridine rings is 1. The van der Waals surface area contributed by atoms with Gasteiger partial charge in [-0.15, -0.1) is 10.2 Å². The Labute approximate surface area is 147 Å². The van der Waals surface area contributed by atoms with Gasteiger partial charge >= 0.3 is 0 Å². The fourth-order valence-electron chi connectivity index (χ4n) is 2.20. The molecule has 1 heterocycles. The Balaban J connectivity index is 1.91. The zero-order chi connectivity index (χ0) is 17.5. The Morgan fingerprint density at radius 2 is 1.72 bits per heavy atom. The van der Waals surface area contributed by atoms with Crippen molar-refractivity contribution in [3.05, 3.63) is 89.6 Å². The van der Waals surface area contributed by atoms with Gasteiger partial charge in [-0.2, -0.15) is 5.10 Å². The van der Waals surface area contributed by atoms with Crippen LogP contribution in [-0.2, 0) is 0 Å². The van der Waals surface area contributed by atoms with Gasteiger partial charge in [0, 0.05) is 11.8 Å². The van der Waals surface area contributed by atoms with Crippen LogP contribution in [0.25, 0.3) is 0 Å². The van der Waals surface area contributed by atoms with Crippen molar-refractivity contribution in [1.82, 2.24) is 4.98 Å². The topological polar surface area (TPSA) is 62.0 Å². The fraction of sp³-hybridized carbons (Fsp3) is 0.100. The minimum atomic E-state index is 0.493. The van der Waals surface area contributed by atoms with E-state index in [1.54, 1.807) is 6.20 Å². The summed E-state index contributed by atoms with van der Waals surface area (Å²) in [5, 5.41) is 13.1. The van der Waals surface area contributed by atoms with Gasteiger partial charge < -0.3 is 0 Å². The molecule has 5 nitrogen and oxygen atoms in total. The minimum Gasteiger partial charge on any atom is -0.259 e. The number of hydrazone groups is 1. The zero-order valence-electron chi connectivity index (χ0n) is 14.2. The van der Waals surface area contributed by atoms with Gasteiger partial charge in [-0.25, -0.2) is 4.98 Å². The smallest absolute Gasteiger partial charge is 0.201 e. The SMILES string of the molecule is Cc1ccc(C)c(N=NC(=NNc2ccccn2)c2ccccc2)c1. The number of benzene rings is 2. The van der Waals surface area contributed by atoms with Crippen LogP contribution in [0.2, 0.25) is 0 Å². The van der Waals surface area contributed by atoms with Gasteiger partial charge in [0.25, 0.3) is 0 Å². The number of anilines is 1. The summed E-state index contributed by atoms with van der Waals surface area (Å²) in [4.78, 5) is 4.20. The maximum absolute atomic E-state index is 4.39. The van der Waals surface area contributed by atoms with E-state index in [0.717, 1.165) is 22.4 Å². The maximum atomic E-state index is 4.39. The summed E-state index contributed by atoms with van der Waals surface area (Å²) in [6, 6.07) is 21.4. The van der Waals surface area contributed by atoms with Crippen LogP contribution >= 0.6 is 0 Å². The molecule has 0 aliphatic rings. The van der Waals surface area contributed by atoms with Crippen molar-refractivity contribution < 1.29 is 0 Å². The molecule has 124 valence electrons. The van der Waals surface area contributed by atoms with Crippen molar-refractivity contribution in [3.63, 3.8) is 0 Å². The van der Waals surface area contributed by atoms with Gasteiger partial charge in [0.05, 0.1) is 5.69 Å². The lowest BCUT2D eigenvalue weighted by Crippen LogP contribution is -2.01. The average molecular weight is 329 g/mol. The van der Waals surface area contributed by atoms with Crippen molar-refractivity contribution >= 4 is 17.3 Å². The minimum absolute atomic E-state index is 0.493. The number of amidine groups is 1. The van der Waals surface area contributed by atoms with Gasteiger partial charge in [-0.3, -0.25) is 5.43 Å². The lowest BCUT2D eigenvalue weighted by molar-refractivity contribution is 1.18. The summed E-state index contributed by atoms with van der Waals surface area (Å²) in [7, 11) is 0. The van der Waals surface area contributed by atoms with Crippen LogP contribution in [0.1, 0.15) is 16.7 Å². The van der Waals surface area contributed by atoms with E-state index in [1.165, 1.54) is 0 Å². The number of azo groups is 1. The fourth-order valence-corrected chi connectivity index (χ4v) is 2.20. The lowest BCUT2D eigenvalue weighted by Gasteiger charge is -2.04. The molecule has 2 aromatic carbocycles. The second-order valence-electron chi connectivity index (χ2n) is 5.62. The normalized spacial score (nSPS) is 11.7. The third kappa shape index (κ3) is 4.57. The number of nitrogens with one attached hydrogen (secondary N) is 1. The first-order chi connectivity index (χ1) is 12.2. The summed E-state index contributed by atoms with van der Waals surface area (Å²) in [6.45, 7) is 4.05. The van der Waals surface area contributed by atoms with Gasteiger partial charge in [0.2, 0.25) is 5.84 Å². The molecule has 0 unspecified atom stereocenters. The van der Waals surface area contributed by atoms with E-state index in [4.69, 9.17) is 0 Å². The van der Waals surface area contributed by atoms with Gasteiger partial charge in [-0.1, -0.05) is 48.5 Å². The van der Waals surface area contributed by atoms with E-state index in [9.17, 15) is 0 Å². The third-order valence-corrected chi connectivity index (χ3v) is 3.59. The Kier molecular flexibility index (Phi) is 5.26. The number of aryl methyl sites for hydroxylation is 2. The summed E-state index contributed by atoms with van der Waals surface area (Å²) < 4.78 is 0. The molecular formula is C20H19N5. The summed E-state index contributed by atoms with van der Waals surface area (Å²) in [6.07, 6.45) is 1.71. The monoisotopic (exact) mass is 329 g/mol. The van der Waals surface area contributed by atoms with E-state index in [-0.39, 0.29) is 0 Å². The van der Waals surface area contributed by atoms with E-state index in [2.05, 4.69) is 31.8 Å². The standard InChI is InChI=1S/C20H19N5/c1-15-11-12-16(2)18(14-15)22-24-20(17-8-4-3-5-9-17)25-23-19-10-6-7-13-21-19/h3-14H,1-2H3,(H,21,23). The predicted molar refractivity (Wildman–Crippen MR) is 101 cm³/mol. The van der Waals surface area contributed by atoms with Crippen LogP contribution in [-0.4, -0.2) is 10.8 Å². The molecule has 0 spiro atoms. The first kappa shape index (κ1) is 16.5. The number of rotatable bonds is 4. The van der Waals surface area contributed by atoms with Crippen LogP contribution in [0.4, 0.5) is 11.5 Å². The molecule has 0 fully saturated rings. The summed E-state index contributed by atoms with van der Waals surface area (Å²) in [5.74, 6) is 1.14. The Morgan fingerprint density at radius 1 is 0.920 bits per heavy atom. The number of nitrogens with zero attached hydrogens (tertiary/aromatic N) is 4. The Hall–Kier alpha value is -3.34. The number of hydrogen-bond acceptors (Lipinski definition) is 4. The molecule has 0 bridgehead atoms. The van der Waals surface area contributed by atoms with Crippen LogP contribution in [0, 0.1) is 13.8 Å². The summed E-state index contributed by atoms with van der Waals surface area (Å²) >= 11 is 0. The Morgan fingerprint density at radius 3 is 2.48 bits per heavy atom. The highest BCUT2D eigenvalue weighted by Crippen LogP contribution is 2.20. The number of hydrogen-bond donors (Lipinski definition) is 1. The quantitative estimate of drug-likeness (QED) is 0.307. The maximum Gasteiger partial charge on any atom is 0.201 e. The molecule has 25 heavy (non-hydrogen) atoms. The zero-order valence-corrected chi connectivity index (χ0v) is 14.2. The molecular weight excluding hydrogens is 310 g/mol. The molecule has 0 saturated carbocycles. The average Bonchev–Trinajstić information content (AvgIpc) is 2.66. The number of aromatic nitrogens is 1. The molecule has 0 amide bonds. The van der Waals surface area contributed by atoms with Gasteiger partial charge in [0.1, 0.15) is 5.82 Å². The van der Waals surface area contributed by atoms with Crippen molar-refractivity contribution in [1.29, 1.82) is 0 Å². The molecule has 0 radical (unpaired) electrons. The van der Waals surface area contributed by atoms with Crippen molar-refractivity contribution in [2.24, 2.45) is 15.3 Å². The van der Waals surface area contributed by atoms with E-state index in [0.29, 0.717) is 11.7 Å². The molecule has 1 N–H and O–H groups in total. The summed E-state index contributed by atoms with van der Waals surface area (Å²) in [5.41, 5.74) is 6.85. The first-order valence-electron chi connectivity index (χ1n) is 8.01. The van der Waals surface area contributed by atoms with Crippen molar-refractivity contribution in [2.45, 2.75) is 13.8 Å². The highest BCUT2D eigenvalue weighted by molar-refractivity contribution is 5.99. The third-order valence-electron chi connectivity index (χ3n) is 3.59. The highest BCUT2D eigenvalue weighted by Gasteiger charge is 2.04. The molecule has 1 aromatic heterocycles. The van der Waals surface area contributed by atoms with E-state index >= 15 is 0 Å². The molecule has 3 rings (SSSR count). The first-order valence-corrected chi connectivity index (χ1v) is 8.01. The van der Waals surface area contributed by atoms with Crippen LogP contribution < -0.4 is 5.43 Å². The van der Waals surface area contributed by atoms with Crippen LogP contribution in [0.5, 0.6) is 0 Å². The van der Waals surface area contributed by atoms with Crippen LogP contribution in [0.3, 0.4) is 0 Å². The highest BCUT2D eigenvalue weighted by atomic mass is 15.4. The second kappa shape index (κ2) is 7.97. The van der Waals surface area contributed by atoms with Gasteiger partial charge in [-0.05, 0) is 43.2 Å². The second-order valence-corrected chi connectivity index (χ2v) is 5.62.